The molecule has 33 heteroatoms. The van der Waals surface area contributed by atoms with Crippen molar-refractivity contribution in [3.63, 3.8) is 0 Å². The second-order valence-corrected chi connectivity index (χ2v) is 44.3. The number of cyclic esters (lactones) is 2. The third-order valence-electron chi connectivity index (χ3n) is 32.7. The first-order chi connectivity index (χ1) is 70.3. The van der Waals surface area contributed by atoms with Crippen LogP contribution in [0.3, 0.4) is 0 Å². The SMILES string of the molecule is CO[C@H]1C[C@@H]2CC[C@@H](C)[C@@](O)(O2)C(=O)C(=O)N2CCCC[C@H]2C(=O)O[C@H]([C@H](C)C[C@@H]2CC[C@@H](OC(=O)C(CCC(=O)O[C@@H]3CC[C@@H](C[C@@H](C)[C@@H]4CC(=O)[C@H](C)CC(C)[C@@H](O)[C@@H](OC)C(=O)[C@H](C)C[C@H](C)\C=C/C=C/C=C(\C)[C@@H](OC)C[C@@H]5CC[C@@H](C)[C@@](O)(O5)C(=O)C(=O)N5CCCC[C@H]5C(=O)O4)C[C@H]3OC)NC(=O)OCc3ccccc3)[C@H](OC)C2)CC(=O)[C@H](C)CC(C)[C@@H](O)[C@@H](OC)C(=O)[C@H](C)C[C@H](C)\C=C/C=C\C=C/1C. The molecule has 33 nitrogen and oxygen atoms in total. The number of methoxy groups -OCH3 is 6. The quantitative estimate of drug-likeness (QED) is 0.0433. The van der Waals surface area contributed by atoms with Crippen LogP contribution in [0.15, 0.2) is 102 Å². The number of carbonyl (C=O) groups excluding carboxylic acids is 13. The van der Waals surface area contributed by atoms with Crippen LogP contribution in [-0.4, -0.2) is 278 Å². The van der Waals surface area contributed by atoms with Crippen LogP contribution in [0.4, 0.5) is 4.79 Å². The Kier molecular flexibility index (Phi) is 48.9. The van der Waals surface area contributed by atoms with Gasteiger partial charge >= 0.3 is 30.0 Å². The van der Waals surface area contributed by atoms with Crippen LogP contribution in [0.1, 0.15) is 282 Å². The number of nitrogens with zero attached hydrogens (tertiary/aromatic N) is 2. The number of hydrogen-bond donors (Lipinski definition) is 5. The molecule has 0 radical (unpaired) electrons. The second-order valence-electron chi connectivity index (χ2n) is 44.3. The highest BCUT2D eigenvalue weighted by atomic mass is 16.7. The lowest BCUT2D eigenvalue weighted by atomic mass is 9.78. The van der Waals surface area contributed by atoms with Crippen LogP contribution in [0, 0.1) is 82.9 Å². The summed E-state index contributed by atoms with van der Waals surface area (Å²) in [6, 6.07) is 4.80. The molecule has 6 fully saturated rings. The number of ether oxygens (including phenoxy) is 13. The summed E-state index contributed by atoms with van der Waals surface area (Å²) in [5, 5.41) is 51.0. The van der Waals surface area contributed by atoms with Crippen molar-refractivity contribution < 1.29 is 144 Å². The number of fused-ring (bicyclic) bond motifs is 6. The van der Waals surface area contributed by atoms with E-state index in [-0.39, 0.29) is 137 Å². The maximum absolute atomic E-state index is 15.1. The van der Waals surface area contributed by atoms with E-state index in [1.807, 2.05) is 102 Å². The Morgan fingerprint density at radius 2 is 0.885 bits per heavy atom. The number of hydrogen-bond acceptors (Lipinski definition) is 30. The molecule has 4 saturated heterocycles. The van der Waals surface area contributed by atoms with Crippen molar-refractivity contribution in [2.75, 3.05) is 55.7 Å². The van der Waals surface area contributed by atoms with Gasteiger partial charge in [-0.1, -0.05) is 174 Å². The predicted molar refractivity (Wildman–Crippen MR) is 551 cm³/mol. The van der Waals surface area contributed by atoms with Gasteiger partial charge in [0.2, 0.25) is 11.6 Å². The van der Waals surface area contributed by atoms with E-state index in [0.717, 1.165) is 20.9 Å². The van der Waals surface area contributed by atoms with E-state index in [1.165, 1.54) is 28.4 Å². The number of carbonyl (C=O) groups is 13. The fourth-order valence-electron chi connectivity index (χ4n) is 23.0. The lowest BCUT2D eigenvalue weighted by Crippen LogP contribution is -2.61. The van der Waals surface area contributed by atoms with E-state index < -0.39 is 234 Å². The molecular formula is C115H173N3O30. The van der Waals surface area contributed by atoms with Gasteiger partial charge in [0.15, 0.2) is 11.6 Å². The number of alkyl carbamates (subject to hydrolysis) is 1. The zero-order valence-electron chi connectivity index (χ0n) is 91.3. The fraction of sp³-hybridized carbons (Fsp3) is 0.730. The first-order valence-corrected chi connectivity index (χ1v) is 54.3. The van der Waals surface area contributed by atoms with Crippen molar-refractivity contribution in [3.05, 3.63) is 108 Å². The van der Waals surface area contributed by atoms with Crippen molar-refractivity contribution in [2.24, 2.45) is 82.9 Å². The molecule has 6 heterocycles. The molecule has 2 aliphatic carbocycles. The lowest BCUT2D eigenvalue weighted by Gasteiger charge is -2.42. The number of amides is 3. The highest BCUT2D eigenvalue weighted by Crippen LogP contribution is 2.43. The molecule has 33 atom stereocenters. The minimum Gasteiger partial charge on any atom is -0.460 e. The van der Waals surface area contributed by atoms with E-state index >= 15 is 9.59 Å². The van der Waals surface area contributed by atoms with Gasteiger partial charge < -0.3 is 97.1 Å². The molecule has 3 unspecified atom stereocenters. The average Bonchev–Trinajstić information content (AvgIpc) is 0.772. The minimum absolute atomic E-state index is 0.0150. The predicted octanol–water partition coefficient (Wildman–Crippen LogP) is 14.7. The van der Waals surface area contributed by atoms with E-state index in [0.29, 0.717) is 108 Å². The van der Waals surface area contributed by atoms with Gasteiger partial charge in [0.1, 0.15) is 72.9 Å². The highest BCUT2D eigenvalue weighted by molar-refractivity contribution is 6.39. The summed E-state index contributed by atoms with van der Waals surface area (Å²) in [6.45, 7) is 25.0. The molecule has 6 aliphatic heterocycles. The monoisotopic (exact) mass is 2080 g/mol. The standard InChI is InChI=1S/C115H173N3O30/c1-67-34-24-21-26-36-69(3)93(136-15)62-84-46-42-79(13)114(134,147-84)106(126)108(128)117-52-32-30-40-87(117)111(131)145-95(64-89(119)71(5)56-77(11)102(124)104(140-19)100(122)75(9)54-67)73(7)58-82-44-49-91(97(60-82)138-17)143-99(121)51-48-86(116-113(133)142-66-81-38-28-23-29-39-81)110(130)144-92-50-45-83(61-98(92)139-18)59-74(8)96-65-90(120)72(6)57-78(12)103(125)105(141-20)101(123)76(10)55-68(2)35-25-22-27-37-70(4)94(137-16)63-85-47-43-80(14)115(135,148-85)107(127)109(129)118-53-33-31-41-88(118)112(132)146-96/h21-29,34-39,67-68,71-80,82-88,91-98,102-105,124-125,134-135H,30-33,40-66H2,1-20H3,(H,116,133)/b26-21+,27-22-,34-24-,35-25-,69-36+,70-37-/t67-,68-,71-,72-,73-,74-,75-,76-,77?,78?,79-,80-,82+,83+,84+,85+,86?,87+,88+,91-,92-,93+,94+,95+,96+,97-,98-,102-,103-,104+,105+,114-,115-/m1/s1. The number of esters is 4. The van der Waals surface area contributed by atoms with E-state index in [2.05, 4.69) is 5.32 Å². The number of piperidine rings is 2. The molecule has 0 aromatic heterocycles. The van der Waals surface area contributed by atoms with E-state index in [9.17, 15) is 73.2 Å². The Hall–Kier alpha value is -8.71. The Labute approximate surface area is 876 Å². The molecule has 4 bridgehead atoms. The molecule has 5 N–H and O–H groups in total. The molecule has 1 aromatic rings. The van der Waals surface area contributed by atoms with Crippen LogP contribution < -0.4 is 5.32 Å². The largest absolute Gasteiger partial charge is 0.460 e. The van der Waals surface area contributed by atoms with Crippen molar-refractivity contribution >= 4 is 76.5 Å². The molecule has 2 saturated carbocycles. The molecular weight excluding hydrogens is 1900 g/mol. The summed E-state index contributed by atoms with van der Waals surface area (Å²) in [6.07, 6.45) is 11.8. The highest BCUT2D eigenvalue weighted by Gasteiger charge is 2.56. The van der Waals surface area contributed by atoms with Gasteiger partial charge in [0.25, 0.3) is 23.4 Å². The maximum atomic E-state index is 15.1. The summed E-state index contributed by atoms with van der Waals surface area (Å²) >= 11 is 0. The Morgan fingerprint density at radius 1 is 0.466 bits per heavy atom. The Bertz CT molecular complexity index is 4740. The fourth-order valence-corrected chi connectivity index (χ4v) is 23.0. The molecule has 9 rings (SSSR count). The molecule has 1 aromatic carbocycles. The number of aliphatic hydroxyl groups excluding tert-OH is 2. The van der Waals surface area contributed by atoms with Gasteiger partial charge in [0.05, 0.1) is 48.8 Å². The molecule has 3 amide bonds. The maximum Gasteiger partial charge on any atom is 0.408 e. The van der Waals surface area contributed by atoms with Gasteiger partial charge in [-0.25, -0.2) is 19.2 Å². The Balaban J connectivity index is 0.892. The van der Waals surface area contributed by atoms with Gasteiger partial charge in [-0.2, -0.15) is 0 Å². The summed E-state index contributed by atoms with van der Waals surface area (Å²) < 4.78 is 79.1. The van der Waals surface area contributed by atoms with Crippen LogP contribution in [0.2, 0.25) is 0 Å². The molecule has 828 valence electrons. The number of benzene rings is 1. The molecule has 0 spiro atoms. The van der Waals surface area contributed by atoms with Gasteiger partial charge in [0, 0.05) is 123 Å². The lowest BCUT2D eigenvalue weighted by molar-refractivity contribution is -0.265. The number of allylic oxidation sites excluding steroid dienone is 10. The number of ketones is 6. The first kappa shape index (κ1) is 123. The van der Waals surface area contributed by atoms with Crippen molar-refractivity contribution in [1.82, 2.24) is 15.1 Å². The number of rotatable bonds is 21. The summed E-state index contributed by atoms with van der Waals surface area (Å²) in [4.78, 5) is 192. The zero-order valence-corrected chi connectivity index (χ0v) is 91.3. The number of aliphatic hydroxyl groups is 4. The Morgan fingerprint density at radius 3 is 1.29 bits per heavy atom. The van der Waals surface area contributed by atoms with Crippen LogP contribution >= 0.6 is 0 Å². The molecule has 148 heavy (non-hydrogen) atoms. The van der Waals surface area contributed by atoms with E-state index in [4.69, 9.17) is 61.6 Å². The first-order valence-electron chi connectivity index (χ1n) is 54.3. The van der Waals surface area contributed by atoms with Gasteiger partial charge in [-0.3, -0.25) is 43.2 Å². The zero-order chi connectivity index (χ0) is 109. The van der Waals surface area contributed by atoms with Crippen molar-refractivity contribution in [2.45, 2.75) is 398 Å². The van der Waals surface area contributed by atoms with Crippen LogP contribution in [0.25, 0.3) is 0 Å². The third kappa shape index (κ3) is 34.1. The van der Waals surface area contributed by atoms with Crippen molar-refractivity contribution in [1.29, 1.82) is 0 Å². The van der Waals surface area contributed by atoms with Gasteiger partial charge in [-0.15, -0.1) is 0 Å². The third-order valence-corrected chi connectivity index (χ3v) is 32.7. The summed E-state index contributed by atoms with van der Waals surface area (Å²) in [5.74, 6) is -21.3. The van der Waals surface area contributed by atoms with Crippen LogP contribution in [0.5, 0.6) is 0 Å². The summed E-state index contributed by atoms with van der Waals surface area (Å²) in [5.41, 5.74) is 2.31. The topological polar surface area (TPSA) is 441 Å². The smallest absolute Gasteiger partial charge is 0.408 e. The second kappa shape index (κ2) is 58.9. The number of Topliss-reactive ketones (excluding diaryl/α,β-unsaturated/α-hetero) is 6. The minimum atomic E-state index is -2.55. The summed E-state index contributed by atoms with van der Waals surface area (Å²) in [7, 11) is 8.79. The number of nitrogens with one attached hydrogen (secondary N) is 1. The molecule has 8 aliphatic rings. The van der Waals surface area contributed by atoms with E-state index in [1.54, 1.807) is 99.9 Å². The normalized spacial score (nSPS) is 37.5. The average molecular weight is 2080 g/mol. The van der Waals surface area contributed by atoms with Crippen LogP contribution in [-0.2, 0) is 126 Å². The van der Waals surface area contributed by atoms with Crippen molar-refractivity contribution in [3.8, 4) is 0 Å². The van der Waals surface area contributed by atoms with Gasteiger partial charge in [-0.05, 0) is 226 Å².